The van der Waals surface area contributed by atoms with E-state index in [4.69, 9.17) is 18.5 Å². The Morgan fingerprint density at radius 3 is 1.65 bits per heavy atom. The van der Waals surface area contributed by atoms with Crippen molar-refractivity contribution in [1.82, 2.24) is 0 Å². The fourth-order valence-corrected chi connectivity index (χ4v) is 1.95. The van der Waals surface area contributed by atoms with Crippen molar-refractivity contribution in [2.24, 2.45) is 0 Å². The highest BCUT2D eigenvalue weighted by Crippen LogP contribution is 2.46. The molecule has 0 aromatic rings. The first-order valence-electron chi connectivity index (χ1n) is 5.84. The van der Waals surface area contributed by atoms with Crippen molar-refractivity contribution in [3.05, 3.63) is 0 Å². The predicted molar refractivity (Wildman–Crippen MR) is 63.4 cm³/mol. The van der Waals surface area contributed by atoms with Crippen molar-refractivity contribution in [3.8, 4) is 0 Å². The molecule has 104 valence electrons. The molecule has 0 aliphatic rings. The quantitative estimate of drug-likeness (QED) is 0.486. The van der Waals surface area contributed by atoms with Crippen molar-refractivity contribution in [1.29, 1.82) is 0 Å². The Morgan fingerprint density at radius 2 is 1.35 bits per heavy atom. The first-order chi connectivity index (χ1) is 7.91. The fraction of sp³-hybridized carbons (Fsp3) is 1.00. The van der Waals surface area contributed by atoms with E-state index < -0.39 is 20.4 Å². The van der Waals surface area contributed by atoms with Crippen LogP contribution in [0.2, 0.25) is 0 Å². The monoisotopic (exact) mass is 270 g/mol. The van der Waals surface area contributed by atoms with Crippen molar-refractivity contribution >= 4 is 7.82 Å². The van der Waals surface area contributed by atoms with Crippen molar-refractivity contribution in [2.45, 2.75) is 53.1 Å². The van der Waals surface area contributed by atoms with Crippen LogP contribution in [0, 0.1) is 0 Å². The largest absolute Gasteiger partial charge is 0.476 e. The van der Waals surface area contributed by atoms with Crippen LogP contribution in [0.4, 0.5) is 0 Å². The minimum Gasteiger partial charge on any atom is -0.352 e. The second-order valence-corrected chi connectivity index (χ2v) is 4.91. The van der Waals surface area contributed by atoms with Gasteiger partial charge in [0.05, 0.1) is 0 Å². The molecule has 0 amide bonds. The van der Waals surface area contributed by atoms with Crippen LogP contribution in [-0.2, 0) is 23.1 Å². The SMILES string of the molecule is CCCOC(C)OP(=O)(O)OC(C)OCCC. The fourth-order valence-electron chi connectivity index (χ4n) is 1.03. The molecule has 0 aromatic heterocycles. The summed E-state index contributed by atoms with van der Waals surface area (Å²) in [6.45, 7) is 7.87. The molecule has 0 bridgehead atoms. The third kappa shape index (κ3) is 9.71. The van der Waals surface area contributed by atoms with Crippen LogP contribution in [0.5, 0.6) is 0 Å². The normalized spacial score (nSPS) is 18.6. The minimum atomic E-state index is -4.14. The second-order valence-electron chi connectivity index (χ2n) is 3.56. The van der Waals surface area contributed by atoms with E-state index in [-0.39, 0.29) is 0 Å². The molecule has 2 unspecified atom stereocenters. The predicted octanol–water partition coefficient (Wildman–Crippen LogP) is 2.67. The van der Waals surface area contributed by atoms with Gasteiger partial charge in [-0.3, -0.25) is 9.05 Å². The number of phosphoric acid groups is 1. The van der Waals surface area contributed by atoms with Gasteiger partial charge in [-0.1, -0.05) is 13.8 Å². The number of hydrogen-bond donors (Lipinski definition) is 1. The summed E-state index contributed by atoms with van der Waals surface area (Å²) in [5.41, 5.74) is 0. The molecule has 6 nitrogen and oxygen atoms in total. The second kappa shape index (κ2) is 9.03. The molecular formula is C10H23O6P. The van der Waals surface area contributed by atoms with Crippen LogP contribution in [0.1, 0.15) is 40.5 Å². The molecule has 0 fully saturated rings. The van der Waals surface area contributed by atoms with Crippen LogP contribution < -0.4 is 0 Å². The summed E-state index contributed by atoms with van der Waals surface area (Å²) < 4.78 is 31.3. The first-order valence-corrected chi connectivity index (χ1v) is 7.33. The number of phosphoric ester groups is 1. The maximum atomic E-state index is 11.5. The number of hydrogen-bond acceptors (Lipinski definition) is 5. The Hall–Kier alpha value is 0.0300. The Kier molecular flexibility index (Phi) is 9.04. The van der Waals surface area contributed by atoms with E-state index in [1.807, 2.05) is 13.8 Å². The molecule has 2 atom stereocenters. The van der Waals surface area contributed by atoms with E-state index in [0.717, 1.165) is 12.8 Å². The van der Waals surface area contributed by atoms with Crippen molar-refractivity contribution in [3.63, 3.8) is 0 Å². The molecule has 0 aliphatic heterocycles. The highest BCUT2D eigenvalue weighted by Gasteiger charge is 2.27. The lowest BCUT2D eigenvalue weighted by atomic mass is 10.5. The molecule has 0 rings (SSSR count). The average Bonchev–Trinajstić information content (AvgIpc) is 2.22. The van der Waals surface area contributed by atoms with E-state index in [2.05, 4.69) is 0 Å². The van der Waals surface area contributed by atoms with Gasteiger partial charge >= 0.3 is 7.82 Å². The Labute approximate surface area is 103 Å². The summed E-state index contributed by atoms with van der Waals surface area (Å²) in [6.07, 6.45) is 0.0361. The average molecular weight is 270 g/mol. The van der Waals surface area contributed by atoms with Gasteiger partial charge in [0.2, 0.25) is 0 Å². The Bertz CT molecular complexity index is 215. The topological polar surface area (TPSA) is 74.2 Å². The molecular weight excluding hydrogens is 247 g/mol. The van der Waals surface area contributed by atoms with Gasteiger partial charge in [-0.2, -0.15) is 0 Å². The van der Waals surface area contributed by atoms with Gasteiger partial charge in [0, 0.05) is 13.2 Å². The molecule has 17 heavy (non-hydrogen) atoms. The standard InChI is InChI=1S/C10H23O6P/c1-5-7-13-9(3)15-17(11,12)16-10(4)14-8-6-2/h9-10H,5-8H2,1-4H3,(H,11,12). The van der Waals surface area contributed by atoms with Crippen LogP contribution in [0.15, 0.2) is 0 Å². The van der Waals surface area contributed by atoms with E-state index in [9.17, 15) is 9.46 Å². The van der Waals surface area contributed by atoms with Gasteiger partial charge in [-0.25, -0.2) is 4.57 Å². The highest BCUT2D eigenvalue weighted by atomic mass is 31.2. The summed E-state index contributed by atoms with van der Waals surface area (Å²) in [7, 11) is -4.14. The Balaban J connectivity index is 3.96. The Morgan fingerprint density at radius 1 is 1.00 bits per heavy atom. The summed E-state index contributed by atoms with van der Waals surface area (Å²) in [5.74, 6) is 0. The third-order valence-electron chi connectivity index (χ3n) is 1.68. The van der Waals surface area contributed by atoms with Gasteiger partial charge in [-0.15, -0.1) is 0 Å². The van der Waals surface area contributed by atoms with Gasteiger partial charge in [0.25, 0.3) is 0 Å². The van der Waals surface area contributed by atoms with Crippen molar-refractivity contribution in [2.75, 3.05) is 13.2 Å². The third-order valence-corrected chi connectivity index (χ3v) is 2.80. The molecule has 0 spiro atoms. The van der Waals surface area contributed by atoms with Gasteiger partial charge < -0.3 is 14.4 Å². The molecule has 0 aliphatic carbocycles. The van der Waals surface area contributed by atoms with E-state index in [1.165, 1.54) is 0 Å². The number of ether oxygens (including phenoxy) is 2. The maximum Gasteiger partial charge on any atom is 0.476 e. The van der Waals surface area contributed by atoms with Gasteiger partial charge in [-0.05, 0) is 26.7 Å². The lowest BCUT2D eigenvalue weighted by molar-refractivity contribution is -0.117. The molecule has 1 N–H and O–H groups in total. The number of rotatable bonds is 10. The van der Waals surface area contributed by atoms with E-state index >= 15 is 0 Å². The summed E-state index contributed by atoms with van der Waals surface area (Å²) in [4.78, 5) is 9.41. The smallest absolute Gasteiger partial charge is 0.352 e. The summed E-state index contributed by atoms with van der Waals surface area (Å²) in [5, 5.41) is 0. The van der Waals surface area contributed by atoms with Crippen molar-refractivity contribution < 1.29 is 28.0 Å². The van der Waals surface area contributed by atoms with Gasteiger partial charge in [0.15, 0.2) is 12.6 Å². The zero-order chi connectivity index (χ0) is 13.3. The summed E-state index contributed by atoms with van der Waals surface area (Å²) >= 11 is 0. The van der Waals surface area contributed by atoms with Crippen LogP contribution in [-0.4, -0.2) is 30.7 Å². The summed E-state index contributed by atoms with van der Waals surface area (Å²) in [6, 6.07) is 0. The van der Waals surface area contributed by atoms with Gasteiger partial charge in [0.1, 0.15) is 0 Å². The van der Waals surface area contributed by atoms with Crippen LogP contribution in [0.25, 0.3) is 0 Å². The van der Waals surface area contributed by atoms with Crippen LogP contribution in [0.3, 0.4) is 0 Å². The highest BCUT2D eigenvalue weighted by molar-refractivity contribution is 7.47. The maximum absolute atomic E-state index is 11.5. The molecule has 7 heteroatoms. The van der Waals surface area contributed by atoms with E-state index in [0.29, 0.717) is 13.2 Å². The molecule has 0 saturated carbocycles. The molecule has 0 aromatic carbocycles. The lowest BCUT2D eigenvalue weighted by Gasteiger charge is -2.20. The van der Waals surface area contributed by atoms with E-state index in [1.54, 1.807) is 13.8 Å². The zero-order valence-electron chi connectivity index (χ0n) is 10.9. The first kappa shape index (κ1) is 17.0. The minimum absolute atomic E-state index is 0.461. The molecule has 0 radical (unpaired) electrons. The zero-order valence-corrected chi connectivity index (χ0v) is 11.8. The lowest BCUT2D eigenvalue weighted by Crippen LogP contribution is -2.17. The molecule has 0 heterocycles. The van der Waals surface area contributed by atoms with Crippen LogP contribution >= 0.6 is 7.82 Å². The molecule has 0 saturated heterocycles.